The number of rotatable bonds is 2. The molecule has 51 heavy (non-hydrogen) atoms. The first-order valence-corrected chi connectivity index (χ1v) is 18.3. The smallest absolute Gasteiger partial charge is 0.335 e. The van der Waals surface area contributed by atoms with Gasteiger partial charge in [-0.1, -0.05) is 83.1 Å². The van der Waals surface area contributed by atoms with Crippen LogP contribution in [-0.4, -0.2) is 8.42 Å². The van der Waals surface area contributed by atoms with Crippen LogP contribution in [0.15, 0.2) is 48.5 Å². The quantitative estimate of drug-likeness (QED) is 0.153. The summed E-state index contributed by atoms with van der Waals surface area (Å²) in [5, 5.41) is 0. The van der Waals surface area contributed by atoms with Crippen LogP contribution < -0.4 is 22.9 Å². The van der Waals surface area contributed by atoms with Gasteiger partial charge in [0.1, 0.15) is 0 Å². The molecule has 4 aromatic rings. The fourth-order valence-electron chi connectivity index (χ4n) is 6.34. The molecule has 278 valence electrons. The number of anilines is 4. The van der Waals surface area contributed by atoms with E-state index in [1.54, 1.807) is 0 Å². The van der Waals surface area contributed by atoms with Crippen LogP contribution in [0.3, 0.4) is 0 Å². The average molecular weight is 713 g/mol. The predicted molar refractivity (Wildman–Crippen MR) is 224 cm³/mol. The maximum atomic E-state index is 8.29. The van der Waals surface area contributed by atoms with Crippen molar-refractivity contribution in [3.63, 3.8) is 0 Å². The van der Waals surface area contributed by atoms with Crippen LogP contribution in [0.25, 0.3) is 22.3 Å². The molecule has 0 radical (unpaired) electrons. The van der Waals surface area contributed by atoms with Crippen molar-refractivity contribution in [2.24, 2.45) is 0 Å². The van der Waals surface area contributed by atoms with E-state index in [-0.39, 0.29) is 21.7 Å². The minimum Gasteiger partial charge on any atom is -0.398 e. The first-order chi connectivity index (χ1) is 23.1. The molecule has 0 bridgehead atoms. The van der Waals surface area contributed by atoms with Gasteiger partial charge in [-0.05, 0) is 165 Å². The van der Waals surface area contributed by atoms with Gasteiger partial charge in [0.25, 0.3) is 0 Å². The molecule has 7 heteroatoms. The van der Waals surface area contributed by atoms with Crippen LogP contribution in [0.1, 0.15) is 128 Å². The molecule has 0 spiro atoms. The average Bonchev–Trinajstić information content (AvgIpc) is 2.96. The van der Waals surface area contributed by atoms with Crippen molar-refractivity contribution in [1.82, 2.24) is 0 Å². The first-order valence-electron chi connectivity index (χ1n) is 17.6. The van der Waals surface area contributed by atoms with Crippen molar-refractivity contribution < 1.29 is 8.42 Å². The molecule has 0 amide bonds. The number of benzene rings is 4. The van der Waals surface area contributed by atoms with Gasteiger partial charge in [0.15, 0.2) is 0 Å². The van der Waals surface area contributed by atoms with Crippen LogP contribution in [0.4, 0.5) is 22.7 Å². The lowest BCUT2D eigenvalue weighted by molar-refractivity contribution is 0.591. The highest BCUT2D eigenvalue weighted by Crippen LogP contribution is 2.40. The molecule has 0 aliphatic heterocycles. The molecule has 0 saturated carbocycles. The third kappa shape index (κ3) is 10.5. The summed E-state index contributed by atoms with van der Waals surface area (Å²) in [7, 11) is 0. The monoisotopic (exact) mass is 712 g/mol. The lowest BCUT2D eigenvalue weighted by Gasteiger charge is -2.26. The van der Waals surface area contributed by atoms with Gasteiger partial charge in [-0.3, -0.25) is 0 Å². The van der Waals surface area contributed by atoms with Crippen molar-refractivity contribution in [1.29, 1.82) is 0 Å². The minimum absolute atomic E-state index is 0.0144. The Labute approximate surface area is 312 Å². The zero-order valence-electron chi connectivity index (χ0n) is 34.2. The van der Waals surface area contributed by atoms with E-state index >= 15 is 0 Å². The summed E-state index contributed by atoms with van der Waals surface area (Å²) in [6, 6.07) is 17.7. The van der Waals surface area contributed by atoms with Gasteiger partial charge >= 0.3 is 11.6 Å². The van der Waals surface area contributed by atoms with E-state index in [0.29, 0.717) is 0 Å². The molecule has 0 aliphatic rings. The molecule has 0 aromatic heterocycles. The topological polar surface area (TPSA) is 138 Å². The molecule has 0 aliphatic carbocycles. The van der Waals surface area contributed by atoms with Crippen molar-refractivity contribution in [3.8, 4) is 22.3 Å². The van der Waals surface area contributed by atoms with E-state index in [9.17, 15) is 0 Å². The summed E-state index contributed by atoms with van der Waals surface area (Å²) in [6.45, 7) is 34.8. The molecule has 8 N–H and O–H groups in total. The Morgan fingerprint density at radius 1 is 0.353 bits per heavy atom. The maximum Gasteiger partial charge on any atom is 0.335 e. The van der Waals surface area contributed by atoms with Crippen molar-refractivity contribution in [2.75, 3.05) is 22.9 Å². The molecule has 0 unspecified atom stereocenters. The Kier molecular flexibility index (Phi) is 13.2. The van der Waals surface area contributed by atoms with Gasteiger partial charge in [-0.15, -0.1) is 0 Å². The number of hydrogen-bond donors (Lipinski definition) is 4. The van der Waals surface area contributed by atoms with E-state index < -0.39 is 11.6 Å². The Bertz CT molecular complexity index is 1660. The number of nitrogen functional groups attached to an aromatic ring is 4. The highest BCUT2D eigenvalue weighted by molar-refractivity contribution is 7.51. The molecule has 6 nitrogen and oxygen atoms in total. The second-order valence-corrected chi connectivity index (χ2v) is 18.2. The molecular weight excluding hydrogens is 649 g/mol. The second kappa shape index (κ2) is 15.6. The number of hydrogen-bond acceptors (Lipinski definition) is 6. The van der Waals surface area contributed by atoms with Crippen LogP contribution >= 0.6 is 0 Å². The zero-order valence-corrected chi connectivity index (χ0v) is 35.0. The molecular formula is C44H64N4O2S. The minimum atomic E-state index is -0.750. The predicted octanol–water partition coefficient (Wildman–Crippen LogP) is 10.8. The Morgan fingerprint density at radius 3 is 0.608 bits per heavy atom. The van der Waals surface area contributed by atoms with Gasteiger partial charge in [-0.25, -0.2) is 0 Å². The van der Waals surface area contributed by atoms with Crippen molar-refractivity contribution >= 4 is 34.3 Å². The highest BCUT2D eigenvalue weighted by Gasteiger charge is 2.24. The van der Waals surface area contributed by atoms with Crippen molar-refractivity contribution in [3.05, 3.63) is 93.0 Å². The van der Waals surface area contributed by atoms with Gasteiger partial charge in [0.05, 0.1) is 0 Å². The van der Waals surface area contributed by atoms with Crippen LogP contribution in [-0.2, 0) is 33.2 Å². The maximum absolute atomic E-state index is 8.29. The fraction of sp³-hybridized carbons (Fsp3) is 0.455. The summed E-state index contributed by atoms with van der Waals surface area (Å²) in [6.07, 6.45) is 0. The molecule has 0 heterocycles. The third-order valence-corrected chi connectivity index (χ3v) is 9.45. The molecule has 4 aromatic carbocycles. The highest BCUT2D eigenvalue weighted by atomic mass is 32.1. The first kappa shape index (κ1) is 43.1. The third-order valence-electron chi connectivity index (χ3n) is 9.45. The Balaban J connectivity index is 0.000000328. The van der Waals surface area contributed by atoms with Crippen LogP contribution in [0, 0.1) is 27.7 Å². The van der Waals surface area contributed by atoms with E-state index in [0.717, 1.165) is 45.0 Å². The second-order valence-electron chi connectivity index (χ2n) is 18.1. The van der Waals surface area contributed by atoms with E-state index in [2.05, 4.69) is 159 Å². The number of nitrogens with two attached hydrogens (primary N) is 4. The van der Waals surface area contributed by atoms with Crippen LogP contribution in [0.2, 0.25) is 0 Å². The number of aryl methyl sites for hydroxylation is 4. The summed E-state index contributed by atoms with van der Waals surface area (Å²) < 4.78 is 16.6. The summed E-state index contributed by atoms with van der Waals surface area (Å²) in [5.74, 6) is 0. The standard InChI is InChI=1S/2C22H32N2.O2S/c2*1-13-9-15(11-17(19(13)23)21(3,4)5)16-10-14(2)20(24)18(12-16)22(6,7)8;1-3-2/h2*9-12H,23-24H2,1-8H3;. The molecule has 0 fully saturated rings. The van der Waals surface area contributed by atoms with E-state index in [1.807, 2.05) is 0 Å². The lowest BCUT2D eigenvalue weighted by atomic mass is 9.80. The van der Waals surface area contributed by atoms with E-state index in [4.69, 9.17) is 31.4 Å². The zero-order chi connectivity index (χ0) is 39.6. The fourth-order valence-corrected chi connectivity index (χ4v) is 6.34. The normalized spacial score (nSPS) is 12.0. The van der Waals surface area contributed by atoms with Gasteiger partial charge in [0, 0.05) is 22.7 Å². The summed E-state index contributed by atoms with van der Waals surface area (Å²) in [5.41, 5.74) is 43.2. The molecule has 0 saturated heterocycles. The largest absolute Gasteiger partial charge is 0.398 e. The summed E-state index contributed by atoms with van der Waals surface area (Å²) in [4.78, 5) is 0. The van der Waals surface area contributed by atoms with Crippen LogP contribution in [0.5, 0.6) is 0 Å². The van der Waals surface area contributed by atoms with Gasteiger partial charge in [-0.2, -0.15) is 8.42 Å². The van der Waals surface area contributed by atoms with Crippen molar-refractivity contribution in [2.45, 2.75) is 132 Å². The Hall–Kier alpha value is -4.10. The Morgan fingerprint density at radius 2 is 0.490 bits per heavy atom. The van der Waals surface area contributed by atoms with E-state index in [1.165, 1.54) is 44.5 Å². The molecule has 0 atom stereocenters. The SMILES string of the molecule is Cc1cc(-c2cc(C)c(N)c(C(C)(C)C)c2)cc(C(C)(C)C)c1N.Cc1cc(-c2cc(C)c(N)c(C(C)(C)C)c2)cc(C(C)(C)C)c1N.O=S=O. The van der Waals surface area contributed by atoms with Gasteiger partial charge in [0.2, 0.25) is 0 Å². The summed E-state index contributed by atoms with van der Waals surface area (Å²) >= 11 is -0.750. The lowest BCUT2D eigenvalue weighted by Crippen LogP contribution is -2.16. The molecule has 4 rings (SSSR count). The van der Waals surface area contributed by atoms with Gasteiger partial charge < -0.3 is 22.9 Å².